The van der Waals surface area contributed by atoms with E-state index in [4.69, 9.17) is 4.55 Å². The molecular weight excluding hydrogens is 238 g/mol. The highest BCUT2D eigenvalue weighted by Gasteiger charge is 2.08. The zero-order chi connectivity index (χ0) is 12.7. The summed E-state index contributed by atoms with van der Waals surface area (Å²) in [6, 6.07) is 9.68. The molecule has 0 aliphatic rings. The minimum absolute atomic E-state index is 0.215. The maximum Gasteiger partial charge on any atom is 0.264 e. The summed E-state index contributed by atoms with van der Waals surface area (Å²) in [5.41, 5.74) is 1.02. The van der Waals surface area contributed by atoms with Gasteiger partial charge in [-0.1, -0.05) is 24.3 Å². The van der Waals surface area contributed by atoms with Crippen molar-refractivity contribution < 1.29 is 13.0 Å². The van der Waals surface area contributed by atoms with Crippen molar-refractivity contribution in [1.29, 1.82) is 0 Å². The average molecular weight is 255 g/mol. The summed E-state index contributed by atoms with van der Waals surface area (Å²) < 4.78 is 29.9. The number of rotatable bonds is 7. The first-order chi connectivity index (χ1) is 8.03. The van der Waals surface area contributed by atoms with Crippen molar-refractivity contribution >= 4 is 15.8 Å². The van der Waals surface area contributed by atoms with Crippen LogP contribution in [-0.2, 0) is 10.1 Å². The van der Waals surface area contributed by atoms with Crippen molar-refractivity contribution in [3.05, 3.63) is 43.0 Å². The Hall–Kier alpha value is -1.33. The van der Waals surface area contributed by atoms with Gasteiger partial charge in [-0.05, 0) is 18.6 Å². The minimum Gasteiger partial charge on any atom is -0.368 e. The fraction of sp³-hybridized carbons (Fsp3) is 0.333. The van der Waals surface area contributed by atoms with Gasteiger partial charge in [0.1, 0.15) is 0 Å². The molecule has 0 aliphatic heterocycles. The van der Waals surface area contributed by atoms with Gasteiger partial charge in [-0.3, -0.25) is 4.55 Å². The maximum atomic E-state index is 10.6. The van der Waals surface area contributed by atoms with Crippen molar-refractivity contribution in [3.8, 4) is 0 Å². The molecule has 0 heterocycles. The Kier molecular flexibility index (Phi) is 5.18. The highest BCUT2D eigenvalue weighted by molar-refractivity contribution is 7.85. The molecule has 1 aromatic rings. The fourth-order valence-corrected chi connectivity index (χ4v) is 2.05. The molecule has 0 fully saturated rings. The van der Waals surface area contributed by atoms with E-state index in [1.807, 2.05) is 35.2 Å². The minimum atomic E-state index is -3.87. The third kappa shape index (κ3) is 5.51. The molecule has 0 bridgehead atoms. The molecule has 0 unspecified atom stereocenters. The molecule has 4 nitrogen and oxygen atoms in total. The van der Waals surface area contributed by atoms with Crippen LogP contribution in [0.4, 0.5) is 5.69 Å². The molecule has 0 saturated carbocycles. The quantitative estimate of drug-likeness (QED) is 0.597. The van der Waals surface area contributed by atoms with Crippen LogP contribution in [0.5, 0.6) is 0 Å². The van der Waals surface area contributed by atoms with Crippen molar-refractivity contribution in [2.45, 2.75) is 6.42 Å². The van der Waals surface area contributed by atoms with Crippen molar-refractivity contribution in [2.75, 3.05) is 23.7 Å². The van der Waals surface area contributed by atoms with E-state index in [9.17, 15) is 8.42 Å². The Labute approximate surface area is 102 Å². The van der Waals surface area contributed by atoms with Gasteiger partial charge >= 0.3 is 0 Å². The molecule has 1 N–H and O–H groups in total. The summed E-state index contributed by atoms with van der Waals surface area (Å²) in [7, 11) is -3.87. The Morgan fingerprint density at radius 3 is 2.47 bits per heavy atom. The second-order valence-corrected chi connectivity index (χ2v) is 5.28. The van der Waals surface area contributed by atoms with Crippen LogP contribution in [0.1, 0.15) is 6.42 Å². The van der Waals surface area contributed by atoms with Crippen LogP contribution < -0.4 is 4.90 Å². The van der Waals surface area contributed by atoms with Gasteiger partial charge in [-0.15, -0.1) is 6.58 Å². The molecule has 0 aliphatic carbocycles. The number of para-hydroxylation sites is 1. The number of hydrogen-bond donors (Lipinski definition) is 1. The van der Waals surface area contributed by atoms with Crippen LogP contribution in [0.25, 0.3) is 0 Å². The number of hydrogen-bond acceptors (Lipinski definition) is 3. The molecule has 5 heteroatoms. The Morgan fingerprint density at radius 2 is 1.94 bits per heavy atom. The lowest BCUT2D eigenvalue weighted by molar-refractivity contribution is 0.481. The molecule has 0 spiro atoms. The lowest BCUT2D eigenvalue weighted by Gasteiger charge is -2.22. The van der Waals surface area contributed by atoms with E-state index in [1.54, 1.807) is 6.08 Å². The standard InChI is InChI=1S/C12H17NO3S/c1-2-9-13(10-6-11-17(14,15)16)12-7-4-3-5-8-12/h2-5,7-8H,1,6,9-11H2,(H,14,15,16). The molecule has 17 heavy (non-hydrogen) atoms. The van der Waals surface area contributed by atoms with Gasteiger partial charge in [-0.25, -0.2) is 0 Å². The zero-order valence-electron chi connectivity index (χ0n) is 9.62. The summed E-state index contributed by atoms with van der Waals surface area (Å²) >= 11 is 0. The topological polar surface area (TPSA) is 57.6 Å². The highest BCUT2D eigenvalue weighted by atomic mass is 32.2. The van der Waals surface area contributed by atoms with Crippen molar-refractivity contribution in [2.24, 2.45) is 0 Å². The Balaban J connectivity index is 2.58. The van der Waals surface area contributed by atoms with E-state index in [1.165, 1.54) is 0 Å². The van der Waals surface area contributed by atoms with Crippen LogP contribution in [0, 0.1) is 0 Å². The largest absolute Gasteiger partial charge is 0.368 e. The number of benzene rings is 1. The molecule has 1 aromatic carbocycles. The van der Waals surface area contributed by atoms with Crippen LogP contribution in [0.15, 0.2) is 43.0 Å². The maximum absolute atomic E-state index is 10.6. The highest BCUT2D eigenvalue weighted by Crippen LogP contribution is 2.13. The van der Waals surface area contributed by atoms with Gasteiger partial charge < -0.3 is 4.90 Å². The molecule has 0 amide bonds. The van der Waals surface area contributed by atoms with Gasteiger partial charge in [0.15, 0.2) is 0 Å². The monoisotopic (exact) mass is 255 g/mol. The second-order valence-electron chi connectivity index (χ2n) is 3.71. The lowest BCUT2D eigenvalue weighted by Crippen LogP contribution is -2.26. The number of anilines is 1. The smallest absolute Gasteiger partial charge is 0.264 e. The van der Waals surface area contributed by atoms with Gasteiger partial charge in [0.2, 0.25) is 0 Å². The van der Waals surface area contributed by atoms with Crippen LogP contribution in [0.3, 0.4) is 0 Å². The van der Waals surface area contributed by atoms with Gasteiger partial charge in [0, 0.05) is 18.8 Å². The molecular formula is C12H17NO3S. The lowest BCUT2D eigenvalue weighted by atomic mass is 10.2. The summed E-state index contributed by atoms with van der Waals surface area (Å²) in [6.07, 6.45) is 2.15. The average Bonchev–Trinajstić information content (AvgIpc) is 2.27. The van der Waals surface area contributed by atoms with Crippen LogP contribution in [-0.4, -0.2) is 31.8 Å². The summed E-state index contributed by atoms with van der Waals surface area (Å²) in [5, 5.41) is 0. The summed E-state index contributed by atoms with van der Waals surface area (Å²) in [5.74, 6) is -0.215. The van der Waals surface area contributed by atoms with Gasteiger partial charge in [-0.2, -0.15) is 8.42 Å². The third-order valence-electron chi connectivity index (χ3n) is 2.30. The van der Waals surface area contributed by atoms with E-state index in [0.717, 1.165) is 5.69 Å². The van der Waals surface area contributed by atoms with Crippen molar-refractivity contribution in [1.82, 2.24) is 0 Å². The van der Waals surface area contributed by atoms with Gasteiger partial charge in [0.05, 0.1) is 5.75 Å². The molecule has 0 atom stereocenters. The third-order valence-corrected chi connectivity index (χ3v) is 3.11. The first-order valence-corrected chi connectivity index (χ1v) is 7.00. The predicted molar refractivity (Wildman–Crippen MR) is 69.9 cm³/mol. The molecule has 0 saturated heterocycles. The number of nitrogens with zero attached hydrogens (tertiary/aromatic N) is 1. The van der Waals surface area contributed by atoms with E-state index < -0.39 is 10.1 Å². The predicted octanol–water partition coefficient (Wildman–Crippen LogP) is 1.96. The van der Waals surface area contributed by atoms with E-state index in [-0.39, 0.29) is 5.75 Å². The summed E-state index contributed by atoms with van der Waals surface area (Å²) in [6.45, 7) is 4.89. The molecule has 94 valence electrons. The van der Waals surface area contributed by atoms with E-state index in [2.05, 4.69) is 6.58 Å². The van der Waals surface area contributed by atoms with Gasteiger partial charge in [0.25, 0.3) is 10.1 Å². The summed E-state index contributed by atoms with van der Waals surface area (Å²) in [4.78, 5) is 2.01. The normalized spacial score (nSPS) is 11.1. The van der Waals surface area contributed by atoms with E-state index in [0.29, 0.717) is 19.5 Å². The zero-order valence-corrected chi connectivity index (χ0v) is 10.4. The molecule has 1 rings (SSSR count). The molecule has 0 aromatic heterocycles. The fourth-order valence-electron chi connectivity index (χ4n) is 1.56. The molecule has 0 radical (unpaired) electrons. The van der Waals surface area contributed by atoms with Crippen LogP contribution in [0.2, 0.25) is 0 Å². The van der Waals surface area contributed by atoms with E-state index >= 15 is 0 Å². The first kappa shape index (κ1) is 13.7. The SMILES string of the molecule is C=CCN(CCCS(=O)(=O)O)c1ccccc1. The van der Waals surface area contributed by atoms with Crippen LogP contribution >= 0.6 is 0 Å². The first-order valence-electron chi connectivity index (χ1n) is 5.39. The Bertz CT molecular complexity index is 442. The second kappa shape index (κ2) is 6.42. The Morgan fingerprint density at radius 1 is 1.29 bits per heavy atom. The van der Waals surface area contributed by atoms with Crippen molar-refractivity contribution in [3.63, 3.8) is 0 Å².